The van der Waals surface area contributed by atoms with Gasteiger partial charge in [0, 0.05) is 22.9 Å². The Morgan fingerprint density at radius 1 is 1.30 bits per heavy atom. The van der Waals surface area contributed by atoms with Gasteiger partial charge in [-0.3, -0.25) is 5.10 Å². The van der Waals surface area contributed by atoms with Crippen molar-refractivity contribution in [3.8, 4) is 22.6 Å². The average Bonchev–Trinajstić information content (AvgIpc) is 2.70. The number of anilines is 1. The molecule has 2 aromatic rings. The fourth-order valence-electron chi connectivity index (χ4n) is 2.02. The van der Waals surface area contributed by atoms with Gasteiger partial charge in [-0.05, 0) is 26.8 Å². The molecular formula is C14H18ClN3O2. The van der Waals surface area contributed by atoms with Crippen LogP contribution in [0.5, 0.6) is 11.5 Å². The fraction of sp³-hybridized carbons (Fsp3) is 0.357. The fourth-order valence-corrected chi connectivity index (χ4v) is 2.27. The van der Waals surface area contributed by atoms with Gasteiger partial charge in [0.15, 0.2) is 17.3 Å². The number of benzene rings is 1. The van der Waals surface area contributed by atoms with Crippen LogP contribution in [0.15, 0.2) is 12.1 Å². The highest BCUT2D eigenvalue weighted by Crippen LogP contribution is 2.41. The summed E-state index contributed by atoms with van der Waals surface area (Å²) in [5.41, 5.74) is 8.30. The molecule has 0 fully saturated rings. The second-order valence-electron chi connectivity index (χ2n) is 4.76. The monoisotopic (exact) mass is 295 g/mol. The molecule has 0 aliphatic carbocycles. The molecule has 0 aliphatic rings. The van der Waals surface area contributed by atoms with Crippen molar-refractivity contribution in [1.82, 2.24) is 10.2 Å². The van der Waals surface area contributed by atoms with Crippen LogP contribution in [0.3, 0.4) is 0 Å². The van der Waals surface area contributed by atoms with E-state index in [4.69, 9.17) is 26.8 Å². The topological polar surface area (TPSA) is 73.2 Å². The minimum absolute atomic E-state index is 0.0284. The summed E-state index contributed by atoms with van der Waals surface area (Å²) in [4.78, 5) is 0. The van der Waals surface area contributed by atoms with E-state index in [0.29, 0.717) is 22.3 Å². The first-order chi connectivity index (χ1) is 9.43. The second kappa shape index (κ2) is 5.63. The second-order valence-corrected chi connectivity index (χ2v) is 5.17. The van der Waals surface area contributed by atoms with Gasteiger partial charge in [0.25, 0.3) is 0 Å². The van der Waals surface area contributed by atoms with Gasteiger partial charge in [-0.1, -0.05) is 11.6 Å². The van der Waals surface area contributed by atoms with Gasteiger partial charge in [0.05, 0.1) is 18.2 Å². The summed E-state index contributed by atoms with van der Waals surface area (Å²) in [6.45, 7) is 5.79. The van der Waals surface area contributed by atoms with Crippen molar-refractivity contribution in [2.24, 2.45) is 0 Å². The van der Waals surface area contributed by atoms with Gasteiger partial charge in [-0.2, -0.15) is 5.10 Å². The molecule has 3 N–H and O–H groups in total. The Bertz CT molecular complexity index is 604. The number of H-pyrrole nitrogens is 1. The van der Waals surface area contributed by atoms with E-state index in [1.807, 2.05) is 26.8 Å². The molecule has 0 spiro atoms. The van der Waals surface area contributed by atoms with E-state index in [0.717, 1.165) is 16.8 Å². The zero-order chi connectivity index (χ0) is 14.9. The lowest BCUT2D eigenvalue weighted by molar-refractivity contribution is 0.230. The third kappa shape index (κ3) is 2.67. The van der Waals surface area contributed by atoms with Gasteiger partial charge in [-0.25, -0.2) is 0 Å². The molecule has 0 bridgehead atoms. The van der Waals surface area contributed by atoms with Gasteiger partial charge >= 0.3 is 0 Å². The number of aryl methyl sites for hydroxylation is 1. The van der Waals surface area contributed by atoms with Crippen LogP contribution in [0.4, 0.5) is 5.82 Å². The lowest BCUT2D eigenvalue weighted by Crippen LogP contribution is -2.07. The summed E-state index contributed by atoms with van der Waals surface area (Å²) in [6.07, 6.45) is 0.0284. The molecule has 2 rings (SSSR count). The number of nitrogen functional groups attached to an aromatic ring is 1. The minimum atomic E-state index is 0.0284. The van der Waals surface area contributed by atoms with Crippen LogP contribution in [0.1, 0.15) is 19.5 Å². The van der Waals surface area contributed by atoms with E-state index in [-0.39, 0.29) is 6.10 Å². The number of hydrogen-bond donors (Lipinski definition) is 2. The number of methoxy groups -OCH3 is 1. The van der Waals surface area contributed by atoms with Crippen molar-refractivity contribution in [1.29, 1.82) is 0 Å². The lowest BCUT2D eigenvalue weighted by atomic mass is 10.0. The highest BCUT2D eigenvalue weighted by molar-refractivity contribution is 6.33. The van der Waals surface area contributed by atoms with E-state index in [1.54, 1.807) is 13.2 Å². The molecule has 1 heterocycles. The third-order valence-corrected chi connectivity index (χ3v) is 3.17. The zero-order valence-corrected chi connectivity index (χ0v) is 12.7. The smallest absolute Gasteiger partial charge is 0.162 e. The van der Waals surface area contributed by atoms with E-state index < -0.39 is 0 Å². The van der Waals surface area contributed by atoms with Gasteiger partial charge in [0.2, 0.25) is 0 Å². The summed E-state index contributed by atoms with van der Waals surface area (Å²) in [5.74, 6) is 1.62. The van der Waals surface area contributed by atoms with E-state index in [9.17, 15) is 0 Å². The Labute approximate surface area is 123 Å². The highest BCUT2D eigenvalue weighted by atomic mass is 35.5. The van der Waals surface area contributed by atoms with Crippen LogP contribution in [0.25, 0.3) is 11.1 Å². The summed E-state index contributed by atoms with van der Waals surface area (Å²) >= 11 is 6.32. The molecule has 0 radical (unpaired) electrons. The molecule has 0 unspecified atom stereocenters. The maximum Gasteiger partial charge on any atom is 0.162 e. The van der Waals surface area contributed by atoms with Crippen molar-refractivity contribution < 1.29 is 9.47 Å². The van der Waals surface area contributed by atoms with Crippen LogP contribution in [0, 0.1) is 6.92 Å². The number of nitrogens with two attached hydrogens (primary N) is 1. The van der Waals surface area contributed by atoms with Gasteiger partial charge < -0.3 is 15.2 Å². The SMILES string of the molecule is COc1cc(Cl)c(-c2c(N)n[nH]c2C)cc1OC(C)C. The molecule has 1 aromatic heterocycles. The van der Waals surface area contributed by atoms with Crippen molar-refractivity contribution in [2.75, 3.05) is 12.8 Å². The molecule has 6 heteroatoms. The first-order valence-electron chi connectivity index (χ1n) is 6.29. The number of nitrogens with zero attached hydrogens (tertiary/aromatic N) is 1. The maximum atomic E-state index is 6.32. The van der Waals surface area contributed by atoms with E-state index in [2.05, 4.69) is 10.2 Å². The van der Waals surface area contributed by atoms with Crippen molar-refractivity contribution in [3.63, 3.8) is 0 Å². The number of aromatic amines is 1. The van der Waals surface area contributed by atoms with Crippen LogP contribution < -0.4 is 15.2 Å². The Morgan fingerprint density at radius 3 is 2.50 bits per heavy atom. The number of hydrogen-bond acceptors (Lipinski definition) is 4. The summed E-state index contributed by atoms with van der Waals surface area (Å²) < 4.78 is 11.1. The molecule has 20 heavy (non-hydrogen) atoms. The molecule has 108 valence electrons. The molecule has 5 nitrogen and oxygen atoms in total. The molecule has 1 aromatic carbocycles. The lowest BCUT2D eigenvalue weighted by Gasteiger charge is -2.16. The number of ether oxygens (including phenoxy) is 2. The first-order valence-corrected chi connectivity index (χ1v) is 6.66. The molecular weight excluding hydrogens is 278 g/mol. The Balaban J connectivity index is 2.59. The molecule has 0 saturated carbocycles. The Morgan fingerprint density at radius 2 is 2.00 bits per heavy atom. The Hall–Kier alpha value is -1.88. The van der Waals surface area contributed by atoms with Crippen LogP contribution >= 0.6 is 11.6 Å². The quantitative estimate of drug-likeness (QED) is 0.906. The number of rotatable bonds is 4. The molecule has 0 aliphatic heterocycles. The first kappa shape index (κ1) is 14.5. The predicted octanol–water partition coefficient (Wildman–Crippen LogP) is 3.42. The summed E-state index contributed by atoms with van der Waals surface area (Å²) in [7, 11) is 1.58. The normalized spacial score (nSPS) is 10.9. The third-order valence-electron chi connectivity index (χ3n) is 2.86. The zero-order valence-electron chi connectivity index (χ0n) is 12.0. The largest absolute Gasteiger partial charge is 0.493 e. The van der Waals surface area contributed by atoms with Crippen molar-refractivity contribution in [2.45, 2.75) is 26.9 Å². The van der Waals surface area contributed by atoms with Gasteiger partial charge in [0.1, 0.15) is 0 Å². The average molecular weight is 296 g/mol. The molecule has 0 saturated heterocycles. The van der Waals surface area contributed by atoms with Gasteiger partial charge in [-0.15, -0.1) is 0 Å². The Kier molecular flexibility index (Phi) is 4.09. The standard InChI is InChI=1S/C14H18ClN3O2/c1-7(2)20-12-5-9(10(15)6-11(12)19-4)13-8(3)17-18-14(13)16/h5-7H,1-4H3,(H3,16,17,18). The number of nitrogens with one attached hydrogen (secondary N) is 1. The molecule has 0 amide bonds. The van der Waals surface area contributed by atoms with E-state index >= 15 is 0 Å². The van der Waals surface area contributed by atoms with Crippen molar-refractivity contribution in [3.05, 3.63) is 22.8 Å². The number of halogens is 1. The van der Waals surface area contributed by atoms with Crippen molar-refractivity contribution >= 4 is 17.4 Å². The predicted molar refractivity (Wildman–Crippen MR) is 80.5 cm³/mol. The van der Waals surface area contributed by atoms with Crippen LogP contribution in [-0.2, 0) is 0 Å². The minimum Gasteiger partial charge on any atom is -0.493 e. The van der Waals surface area contributed by atoms with Crippen LogP contribution in [0.2, 0.25) is 5.02 Å². The maximum absolute atomic E-state index is 6.32. The highest BCUT2D eigenvalue weighted by Gasteiger charge is 2.18. The number of aromatic nitrogens is 2. The van der Waals surface area contributed by atoms with Crippen LogP contribution in [-0.4, -0.2) is 23.4 Å². The summed E-state index contributed by atoms with van der Waals surface area (Å²) in [6, 6.07) is 3.55. The van der Waals surface area contributed by atoms with E-state index in [1.165, 1.54) is 0 Å². The summed E-state index contributed by atoms with van der Waals surface area (Å²) in [5, 5.41) is 7.37. The molecule has 0 atom stereocenters.